The van der Waals surface area contributed by atoms with Crippen LogP contribution in [0.2, 0.25) is 0 Å². The van der Waals surface area contributed by atoms with Crippen molar-refractivity contribution >= 4 is 23.0 Å². The smallest absolute Gasteiger partial charge is 0.343 e. The largest absolute Gasteiger partial charge is 0.423 e. The summed E-state index contributed by atoms with van der Waals surface area (Å²) in [6, 6.07) is 18.6. The number of aliphatic hydroxyl groups excluding tert-OH is 1. The predicted octanol–water partition coefficient (Wildman–Crippen LogP) is 4.72. The minimum Gasteiger partial charge on any atom is -0.423 e. The standard InChI is InChI=1S/C20H15N3O5/c24-13-14-1-11-19(12-2-14)28-20(25)15-3-5-16(6-4-15)21-22-17-7-9-18(10-8-17)23(26)27/h1-12,24H,13H2. The highest BCUT2D eigenvalue weighted by molar-refractivity contribution is 5.91. The molecular weight excluding hydrogens is 362 g/mol. The fourth-order valence-electron chi connectivity index (χ4n) is 2.25. The van der Waals surface area contributed by atoms with Gasteiger partial charge < -0.3 is 9.84 Å². The predicted molar refractivity (Wildman–Crippen MR) is 101 cm³/mol. The van der Waals surface area contributed by atoms with Crippen LogP contribution in [0.1, 0.15) is 15.9 Å². The molecule has 0 unspecified atom stereocenters. The second-order valence-electron chi connectivity index (χ2n) is 5.71. The van der Waals surface area contributed by atoms with Crippen molar-refractivity contribution in [3.05, 3.63) is 94.0 Å². The van der Waals surface area contributed by atoms with Gasteiger partial charge in [-0.15, -0.1) is 0 Å². The first kappa shape index (κ1) is 18.9. The first-order valence-corrected chi connectivity index (χ1v) is 8.23. The number of nitro benzene ring substituents is 1. The van der Waals surface area contributed by atoms with Gasteiger partial charge in [0.25, 0.3) is 5.69 Å². The van der Waals surface area contributed by atoms with Gasteiger partial charge in [0.05, 0.1) is 28.5 Å². The average Bonchev–Trinajstić information content (AvgIpc) is 2.73. The third-order valence-electron chi connectivity index (χ3n) is 3.76. The molecule has 0 radical (unpaired) electrons. The van der Waals surface area contributed by atoms with Crippen molar-refractivity contribution in [2.24, 2.45) is 10.2 Å². The zero-order chi connectivity index (χ0) is 19.9. The zero-order valence-corrected chi connectivity index (χ0v) is 14.6. The number of carbonyl (C=O) groups is 1. The molecule has 0 aliphatic rings. The van der Waals surface area contributed by atoms with E-state index >= 15 is 0 Å². The van der Waals surface area contributed by atoms with Gasteiger partial charge in [-0.1, -0.05) is 12.1 Å². The van der Waals surface area contributed by atoms with Gasteiger partial charge in [-0.2, -0.15) is 10.2 Å². The summed E-state index contributed by atoms with van der Waals surface area (Å²) in [7, 11) is 0. The Bertz CT molecular complexity index is 998. The Morgan fingerprint density at radius 3 is 1.93 bits per heavy atom. The lowest BCUT2D eigenvalue weighted by Gasteiger charge is -2.05. The maximum atomic E-state index is 12.2. The van der Waals surface area contributed by atoms with Crippen molar-refractivity contribution in [2.75, 3.05) is 0 Å². The molecule has 3 aromatic rings. The molecule has 3 rings (SSSR count). The van der Waals surface area contributed by atoms with E-state index in [1.807, 2.05) is 0 Å². The molecule has 0 aromatic heterocycles. The number of hydrogen-bond donors (Lipinski definition) is 1. The van der Waals surface area contributed by atoms with Gasteiger partial charge in [-0.25, -0.2) is 4.79 Å². The van der Waals surface area contributed by atoms with E-state index in [2.05, 4.69) is 10.2 Å². The number of ether oxygens (including phenoxy) is 1. The van der Waals surface area contributed by atoms with Crippen LogP contribution in [0.5, 0.6) is 5.75 Å². The molecule has 0 amide bonds. The Kier molecular flexibility index (Phi) is 5.83. The Morgan fingerprint density at radius 2 is 1.43 bits per heavy atom. The summed E-state index contributed by atoms with van der Waals surface area (Å²) in [6.07, 6.45) is 0. The summed E-state index contributed by atoms with van der Waals surface area (Å²) >= 11 is 0. The van der Waals surface area contributed by atoms with Crippen molar-refractivity contribution in [3.8, 4) is 5.75 Å². The molecule has 140 valence electrons. The zero-order valence-electron chi connectivity index (χ0n) is 14.6. The van der Waals surface area contributed by atoms with Crippen LogP contribution in [0.4, 0.5) is 17.1 Å². The van der Waals surface area contributed by atoms with Gasteiger partial charge in [0, 0.05) is 12.1 Å². The molecule has 1 N–H and O–H groups in total. The second-order valence-corrected chi connectivity index (χ2v) is 5.71. The number of aliphatic hydroxyl groups is 1. The van der Waals surface area contributed by atoms with Crippen molar-refractivity contribution in [1.82, 2.24) is 0 Å². The minimum absolute atomic E-state index is 0.0205. The summed E-state index contributed by atoms with van der Waals surface area (Å²) in [6.45, 7) is -0.0793. The van der Waals surface area contributed by atoms with Crippen LogP contribution < -0.4 is 4.74 Å². The Hall–Kier alpha value is -3.91. The Balaban J connectivity index is 1.63. The lowest BCUT2D eigenvalue weighted by Crippen LogP contribution is -2.08. The van der Waals surface area contributed by atoms with Crippen LogP contribution in [0, 0.1) is 10.1 Å². The van der Waals surface area contributed by atoms with Crippen molar-refractivity contribution < 1.29 is 19.6 Å². The van der Waals surface area contributed by atoms with Crippen molar-refractivity contribution in [3.63, 3.8) is 0 Å². The van der Waals surface area contributed by atoms with E-state index in [1.165, 1.54) is 24.3 Å². The molecule has 0 atom stereocenters. The monoisotopic (exact) mass is 377 g/mol. The van der Waals surface area contributed by atoms with E-state index in [9.17, 15) is 14.9 Å². The quantitative estimate of drug-likeness (QED) is 0.219. The van der Waals surface area contributed by atoms with Crippen molar-refractivity contribution in [1.29, 1.82) is 0 Å². The second kappa shape index (κ2) is 8.65. The SMILES string of the molecule is O=C(Oc1ccc(CO)cc1)c1ccc(N=Nc2ccc([N+](=O)[O-])cc2)cc1. The lowest BCUT2D eigenvalue weighted by molar-refractivity contribution is -0.384. The van der Waals surface area contributed by atoms with E-state index < -0.39 is 10.9 Å². The molecule has 0 saturated carbocycles. The van der Waals surface area contributed by atoms with Gasteiger partial charge in [-0.05, 0) is 54.1 Å². The molecule has 8 nitrogen and oxygen atoms in total. The van der Waals surface area contributed by atoms with Gasteiger partial charge >= 0.3 is 5.97 Å². The molecule has 0 aliphatic carbocycles. The number of carbonyl (C=O) groups excluding carboxylic acids is 1. The van der Waals surface area contributed by atoms with Gasteiger partial charge in [0.15, 0.2) is 0 Å². The topological polar surface area (TPSA) is 114 Å². The number of nitro groups is 1. The van der Waals surface area contributed by atoms with Gasteiger partial charge in [0.1, 0.15) is 5.75 Å². The number of azo groups is 1. The van der Waals surface area contributed by atoms with Crippen molar-refractivity contribution in [2.45, 2.75) is 6.61 Å². The number of nitrogens with zero attached hydrogens (tertiary/aromatic N) is 3. The first-order chi connectivity index (χ1) is 13.5. The maximum absolute atomic E-state index is 12.2. The van der Waals surface area contributed by atoms with E-state index in [-0.39, 0.29) is 12.3 Å². The Labute approximate surface area is 159 Å². The van der Waals surface area contributed by atoms with E-state index in [0.717, 1.165) is 5.56 Å². The minimum atomic E-state index is -0.518. The molecule has 0 bridgehead atoms. The van der Waals surface area contributed by atoms with Crippen LogP contribution in [0.25, 0.3) is 0 Å². The molecule has 8 heteroatoms. The first-order valence-electron chi connectivity index (χ1n) is 8.23. The molecule has 0 saturated heterocycles. The van der Waals surface area contributed by atoms with Crippen LogP contribution in [0.3, 0.4) is 0 Å². The average molecular weight is 377 g/mol. The van der Waals surface area contributed by atoms with E-state index in [4.69, 9.17) is 9.84 Å². The van der Waals surface area contributed by atoms with Gasteiger partial charge in [-0.3, -0.25) is 10.1 Å². The van der Waals surface area contributed by atoms with Crippen LogP contribution in [-0.4, -0.2) is 16.0 Å². The summed E-state index contributed by atoms with van der Waals surface area (Å²) in [4.78, 5) is 22.3. The fraction of sp³-hybridized carbons (Fsp3) is 0.0500. The normalized spacial score (nSPS) is 10.8. The summed E-state index contributed by atoms with van der Waals surface area (Å²) < 4.78 is 5.27. The molecule has 0 aliphatic heterocycles. The molecular formula is C20H15N3O5. The molecule has 0 spiro atoms. The third kappa shape index (κ3) is 4.83. The highest BCUT2D eigenvalue weighted by atomic mass is 16.6. The fourth-order valence-corrected chi connectivity index (χ4v) is 2.25. The van der Waals surface area contributed by atoms with Crippen LogP contribution in [0.15, 0.2) is 83.0 Å². The molecule has 3 aromatic carbocycles. The number of rotatable bonds is 6. The highest BCUT2D eigenvalue weighted by Gasteiger charge is 2.09. The molecule has 0 fully saturated rings. The number of benzene rings is 3. The highest BCUT2D eigenvalue weighted by Crippen LogP contribution is 2.22. The van der Waals surface area contributed by atoms with E-state index in [0.29, 0.717) is 22.7 Å². The summed E-state index contributed by atoms with van der Waals surface area (Å²) in [5, 5.41) is 27.7. The number of non-ortho nitro benzene ring substituents is 1. The summed E-state index contributed by atoms with van der Waals surface area (Å²) in [5.74, 6) is -0.139. The molecule has 28 heavy (non-hydrogen) atoms. The van der Waals surface area contributed by atoms with E-state index in [1.54, 1.807) is 48.5 Å². The molecule has 0 heterocycles. The van der Waals surface area contributed by atoms with Crippen LogP contribution in [-0.2, 0) is 6.61 Å². The third-order valence-corrected chi connectivity index (χ3v) is 3.76. The summed E-state index contributed by atoms with van der Waals surface area (Å²) in [5.41, 5.74) is 2.04. The number of hydrogen-bond acceptors (Lipinski definition) is 7. The maximum Gasteiger partial charge on any atom is 0.343 e. The number of esters is 1. The Morgan fingerprint density at radius 1 is 0.893 bits per heavy atom. The lowest BCUT2D eigenvalue weighted by atomic mass is 10.2. The van der Waals surface area contributed by atoms with Gasteiger partial charge in [0.2, 0.25) is 0 Å². The van der Waals surface area contributed by atoms with Crippen LogP contribution >= 0.6 is 0 Å².